The second-order valence-corrected chi connectivity index (χ2v) is 13.9. The van der Waals surface area contributed by atoms with Crippen LogP contribution in [0.3, 0.4) is 0 Å². The third kappa shape index (κ3) is 9.06. The number of benzene rings is 3. The largest absolute Gasteiger partial charge is 0.490 e. The fraction of sp³-hybridized carbons (Fsp3) is 0.343. The molecule has 2 aliphatic heterocycles. The summed E-state index contributed by atoms with van der Waals surface area (Å²) >= 11 is 0. The van der Waals surface area contributed by atoms with Gasteiger partial charge in [-0.25, -0.2) is 8.42 Å². The zero-order valence-electron chi connectivity index (χ0n) is 26.5. The van der Waals surface area contributed by atoms with E-state index in [9.17, 15) is 26.4 Å². The summed E-state index contributed by atoms with van der Waals surface area (Å²) in [6.07, 6.45) is -1.14. The number of alkyl halides is 3. The highest BCUT2D eigenvalue weighted by Crippen LogP contribution is 2.33. The van der Waals surface area contributed by atoms with E-state index in [1.807, 2.05) is 18.2 Å². The predicted molar refractivity (Wildman–Crippen MR) is 177 cm³/mol. The van der Waals surface area contributed by atoms with Gasteiger partial charge in [-0.1, -0.05) is 42.5 Å². The molecule has 0 saturated carbocycles. The first kappa shape index (κ1) is 34.2. The molecule has 0 bridgehead atoms. The van der Waals surface area contributed by atoms with Gasteiger partial charge in [-0.15, -0.1) is 10.2 Å². The number of nitrogens with one attached hydrogen (secondary N) is 2. The number of hydrogen-bond acceptors (Lipinski definition) is 8. The van der Waals surface area contributed by atoms with Crippen molar-refractivity contribution in [1.29, 1.82) is 0 Å². The number of aromatic nitrogens is 2. The average molecular weight is 696 g/mol. The third-order valence-electron chi connectivity index (χ3n) is 8.58. The molecule has 49 heavy (non-hydrogen) atoms. The maximum absolute atomic E-state index is 13.6. The van der Waals surface area contributed by atoms with Gasteiger partial charge < -0.3 is 19.7 Å². The van der Waals surface area contributed by atoms with Crippen LogP contribution >= 0.6 is 0 Å². The van der Waals surface area contributed by atoms with Gasteiger partial charge in [0.05, 0.1) is 11.4 Å². The quantitative estimate of drug-likeness (QED) is 0.185. The van der Waals surface area contributed by atoms with Crippen LogP contribution in [0.25, 0.3) is 0 Å². The Morgan fingerprint density at radius 2 is 1.69 bits per heavy atom. The Kier molecular flexibility index (Phi) is 10.3. The highest BCUT2D eigenvalue weighted by atomic mass is 32.2. The van der Waals surface area contributed by atoms with Crippen molar-refractivity contribution in [2.75, 3.05) is 31.0 Å². The summed E-state index contributed by atoms with van der Waals surface area (Å²) in [5.74, 6) is 0.479. The summed E-state index contributed by atoms with van der Waals surface area (Å²) in [5.41, 5.74) is 1.17. The summed E-state index contributed by atoms with van der Waals surface area (Å²) in [6, 6.07) is 23.1. The molecule has 0 unspecified atom stereocenters. The second kappa shape index (κ2) is 14.8. The Morgan fingerprint density at radius 3 is 2.35 bits per heavy atom. The van der Waals surface area contributed by atoms with E-state index in [-0.39, 0.29) is 35.2 Å². The minimum Gasteiger partial charge on any atom is -0.490 e. The summed E-state index contributed by atoms with van der Waals surface area (Å²) in [7, 11) is -3.81. The number of sulfonamides is 1. The van der Waals surface area contributed by atoms with Crippen LogP contribution in [0.2, 0.25) is 0 Å². The average Bonchev–Trinajstić information content (AvgIpc) is 3.62. The van der Waals surface area contributed by atoms with Crippen molar-refractivity contribution >= 4 is 21.6 Å². The number of ether oxygens (including phenoxy) is 2. The maximum atomic E-state index is 13.6. The Labute approximate surface area is 282 Å². The zero-order valence-corrected chi connectivity index (χ0v) is 27.3. The molecule has 0 spiro atoms. The molecule has 14 heteroatoms. The Balaban J connectivity index is 1.09. The molecule has 4 aromatic rings. The van der Waals surface area contributed by atoms with Crippen LogP contribution in [0.5, 0.6) is 17.4 Å². The molecular formula is C35H36F3N5O5S. The van der Waals surface area contributed by atoms with Gasteiger partial charge in [-0.05, 0) is 85.7 Å². The molecule has 6 rings (SSSR count). The molecule has 1 amide bonds. The van der Waals surface area contributed by atoms with Crippen molar-refractivity contribution in [2.24, 2.45) is 0 Å². The minimum atomic E-state index is -4.58. The number of hydrogen-bond donors (Lipinski definition) is 2. The Morgan fingerprint density at radius 1 is 0.939 bits per heavy atom. The van der Waals surface area contributed by atoms with Crippen LogP contribution in [-0.4, -0.2) is 61.7 Å². The number of nitrogens with zero attached hydrogens (tertiary/aromatic N) is 3. The molecule has 3 aromatic carbocycles. The monoisotopic (exact) mass is 695 g/mol. The number of anilines is 1. The first-order valence-electron chi connectivity index (χ1n) is 16.0. The van der Waals surface area contributed by atoms with Crippen LogP contribution in [-0.2, 0) is 22.0 Å². The lowest BCUT2D eigenvalue weighted by Gasteiger charge is -2.32. The number of halogens is 3. The van der Waals surface area contributed by atoms with E-state index < -0.39 is 21.9 Å². The Bertz CT molecular complexity index is 1830. The molecule has 10 nitrogen and oxygen atoms in total. The van der Waals surface area contributed by atoms with Crippen molar-refractivity contribution < 1.29 is 35.9 Å². The number of likely N-dealkylation sites (tertiary alicyclic amines) is 1. The molecule has 2 N–H and O–H groups in total. The zero-order chi connectivity index (χ0) is 34.4. The smallest absolute Gasteiger partial charge is 0.435 e. The fourth-order valence-corrected chi connectivity index (χ4v) is 7.21. The van der Waals surface area contributed by atoms with Gasteiger partial charge in [0.1, 0.15) is 18.1 Å². The molecule has 2 aliphatic rings. The van der Waals surface area contributed by atoms with Gasteiger partial charge in [0, 0.05) is 30.8 Å². The van der Waals surface area contributed by atoms with Crippen molar-refractivity contribution in [2.45, 2.75) is 49.6 Å². The predicted octanol–water partition coefficient (Wildman–Crippen LogP) is 6.38. The molecule has 2 fully saturated rings. The van der Waals surface area contributed by atoms with Crippen LogP contribution in [0.4, 0.5) is 18.9 Å². The van der Waals surface area contributed by atoms with E-state index in [0.29, 0.717) is 55.2 Å². The minimum absolute atomic E-state index is 0.0508. The van der Waals surface area contributed by atoms with E-state index in [0.717, 1.165) is 37.1 Å². The number of amides is 1. The normalized spacial score (nSPS) is 17.1. The maximum Gasteiger partial charge on any atom is 0.435 e. The van der Waals surface area contributed by atoms with Gasteiger partial charge in [-0.3, -0.25) is 9.52 Å². The highest BCUT2D eigenvalue weighted by Gasteiger charge is 2.33. The van der Waals surface area contributed by atoms with Crippen LogP contribution < -0.4 is 19.5 Å². The van der Waals surface area contributed by atoms with E-state index in [1.165, 1.54) is 0 Å². The van der Waals surface area contributed by atoms with Gasteiger partial charge >= 0.3 is 6.18 Å². The first-order chi connectivity index (χ1) is 23.5. The summed E-state index contributed by atoms with van der Waals surface area (Å²) in [5, 5.41) is 10.0. The number of rotatable bonds is 11. The highest BCUT2D eigenvalue weighted by molar-refractivity contribution is 7.91. The van der Waals surface area contributed by atoms with Crippen molar-refractivity contribution in [3.63, 3.8) is 0 Å². The molecule has 258 valence electrons. The summed E-state index contributed by atoms with van der Waals surface area (Å²) < 4.78 is 78.8. The van der Waals surface area contributed by atoms with Crippen molar-refractivity contribution in [3.8, 4) is 17.4 Å². The molecular weight excluding hydrogens is 659 g/mol. The van der Waals surface area contributed by atoms with Crippen LogP contribution in [0.1, 0.15) is 58.8 Å². The van der Waals surface area contributed by atoms with Crippen molar-refractivity contribution in [1.82, 2.24) is 20.4 Å². The van der Waals surface area contributed by atoms with Crippen molar-refractivity contribution in [3.05, 3.63) is 107 Å². The second-order valence-electron chi connectivity index (χ2n) is 12.2. The van der Waals surface area contributed by atoms with E-state index in [2.05, 4.69) is 20.2 Å². The fourth-order valence-electron chi connectivity index (χ4n) is 6.01. The molecule has 0 radical (unpaired) electrons. The lowest BCUT2D eigenvalue weighted by molar-refractivity contribution is -0.141. The van der Waals surface area contributed by atoms with Crippen LogP contribution in [0.15, 0.2) is 84.9 Å². The van der Waals surface area contributed by atoms with E-state index >= 15 is 0 Å². The van der Waals surface area contributed by atoms with Gasteiger partial charge in [0.25, 0.3) is 5.91 Å². The molecule has 0 aliphatic carbocycles. The van der Waals surface area contributed by atoms with Gasteiger partial charge in [-0.2, -0.15) is 13.2 Å². The Hall–Kier alpha value is -4.69. The van der Waals surface area contributed by atoms with Crippen LogP contribution in [0, 0.1) is 0 Å². The molecule has 3 heterocycles. The molecule has 1 atom stereocenters. The molecule has 1 aromatic heterocycles. The SMILES string of the molecule is O=C(c1ccc(OC[C@@H]2CCCN2)c(NS(=O)(=O)Cc2ccccc2)c1)N1CCC(c2ccc(Oc3ccc(C(F)(F)F)nn3)cc2)CC1. The van der Waals surface area contributed by atoms with Gasteiger partial charge in [0.15, 0.2) is 5.69 Å². The molecule has 2 saturated heterocycles. The van der Waals surface area contributed by atoms with E-state index in [4.69, 9.17) is 9.47 Å². The first-order valence-corrected chi connectivity index (χ1v) is 17.7. The lowest BCUT2D eigenvalue weighted by Crippen LogP contribution is -2.38. The lowest BCUT2D eigenvalue weighted by atomic mass is 9.89. The topological polar surface area (TPSA) is 123 Å². The number of carbonyl (C=O) groups is 1. The summed E-state index contributed by atoms with van der Waals surface area (Å²) in [4.78, 5) is 15.4. The standard InChI is InChI=1S/C35H36F3N5O5S/c36-35(37,38)32-14-15-33(41-40-32)48-29-11-8-25(9-12-29)26-16-19-43(20-17-26)34(44)27-10-13-31(47-22-28-7-4-18-39-28)30(21-27)42-49(45,46)23-24-5-2-1-3-6-24/h1-3,5-6,8-15,21,26,28,39,42H,4,7,16-20,22-23H2/t28-/m0/s1. The van der Waals surface area contributed by atoms with E-state index in [1.54, 1.807) is 59.5 Å². The van der Waals surface area contributed by atoms with Gasteiger partial charge in [0.2, 0.25) is 15.9 Å². The number of piperidine rings is 1. The number of carbonyl (C=O) groups excluding carboxylic acids is 1. The third-order valence-corrected chi connectivity index (χ3v) is 9.82. The summed E-state index contributed by atoms with van der Waals surface area (Å²) in [6.45, 7) is 2.30.